The Morgan fingerprint density at radius 2 is 1.50 bits per heavy atom. The van der Waals surface area contributed by atoms with Crippen LogP contribution in [0.1, 0.15) is 81.5 Å². The van der Waals surface area contributed by atoms with Crippen molar-refractivity contribution in [3.8, 4) is 11.1 Å². The number of amides is 2. The van der Waals surface area contributed by atoms with E-state index in [1.807, 2.05) is 24.0 Å². The lowest BCUT2D eigenvalue weighted by Gasteiger charge is -2.40. The lowest BCUT2D eigenvalue weighted by molar-refractivity contribution is -0.144. The Kier molecular flexibility index (Phi) is 7.51. The van der Waals surface area contributed by atoms with Crippen LogP contribution in [-0.4, -0.2) is 77.8 Å². The fourth-order valence-electron chi connectivity index (χ4n) is 6.91. The van der Waals surface area contributed by atoms with Crippen LogP contribution in [0.2, 0.25) is 0 Å². The molecule has 2 saturated carbocycles. The Labute approximate surface area is 238 Å². The van der Waals surface area contributed by atoms with E-state index in [0.717, 1.165) is 12.2 Å². The van der Waals surface area contributed by atoms with Gasteiger partial charge >= 0.3 is 0 Å². The summed E-state index contributed by atoms with van der Waals surface area (Å²) in [5.74, 6) is -0.182. The number of fused-ring (bicyclic) bond motifs is 1. The van der Waals surface area contributed by atoms with E-state index in [0.29, 0.717) is 44.1 Å². The number of carbonyl (C=O) groups is 2. The van der Waals surface area contributed by atoms with Crippen molar-refractivity contribution >= 4 is 23.2 Å². The first-order chi connectivity index (χ1) is 19.3. The third kappa shape index (κ3) is 5.32. The van der Waals surface area contributed by atoms with Crippen LogP contribution in [0.4, 0.5) is 11.4 Å². The smallest absolute Gasteiger partial charge is 0.254 e. The number of hydrogen-bond acceptors (Lipinski definition) is 5. The first-order valence-electron chi connectivity index (χ1n) is 15.4. The molecule has 3 fully saturated rings. The average molecular weight is 545 g/mol. The molecule has 2 aromatic carbocycles. The normalized spacial score (nSPS) is 23.3. The number of hydrogen-bond donors (Lipinski definition) is 1. The predicted octanol–water partition coefficient (Wildman–Crippen LogP) is 5.27. The number of piperazine rings is 1. The maximum Gasteiger partial charge on any atom is 0.254 e. The van der Waals surface area contributed by atoms with E-state index in [1.165, 1.54) is 68.3 Å². The topological polar surface area (TPSA) is 67.3 Å². The summed E-state index contributed by atoms with van der Waals surface area (Å²) in [6, 6.07) is 15.3. The lowest BCUT2D eigenvalue weighted by atomic mass is 10.00. The summed E-state index contributed by atoms with van der Waals surface area (Å²) in [6.45, 7) is 4.35. The van der Waals surface area contributed by atoms with E-state index in [4.69, 9.17) is 0 Å². The fourth-order valence-corrected chi connectivity index (χ4v) is 6.91. The zero-order chi connectivity index (χ0) is 27.9. The molecule has 2 aliphatic heterocycles. The molecule has 0 spiro atoms. The van der Waals surface area contributed by atoms with Crippen molar-refractivity contribution in [1.29, 1.82) is 0 Å². The molecule has 2 amide bonds. The summed E-state index contributed by atoms with van der Waals surface area (Å²) in [5.41, 5.74) is 4.45. The van der Waals surface area contributed by atoms with Crippen molar-refractivity contribution in [3.63, 3.8) is 0 Å². The molecule has 0 aromatic heterocycles. The molecule has 0 radical (unpaired) electrons. The number of nitrogens with zero attached hydrogens (tertiary/aromatic N) is 4. The SMILES string of the molecule is C[C@@H]1CN(C(=O)C2(O)CC2)CCN1C(=O)c1ccc(-c2ccc3c(c2)N(C2CCCCCCCC2)CN3C)cc1. The number of rotatable bonds is 4. The minimum atomic E-state index is -1.15. The molecule has 2 aromatic rings. The second kappa shape index (κ2) is 11.1. The van der Waals surface area contributed by atoms with Gasteiger partial charge in [0, 0.05) is 44.3 Å². The standard InChI is InChI=1S/C33H44N4O3/c1-24-22-35(32(39)33(40)17-18-33)19-20-36(24)31(38)26-13-11-25(12-14-26)27-15-16-29-30(21-27)37(23-34(29)2)28-9-7-5-3-4-6-8-10-28/h11-16,21,24,28,40H,3-10,17-20,22-23H2,1-2H3/t24-/m1/s1. The molecule has 7 nitrogen and oxygen atoms in total. The number of aliphatic hydroxyl groups is 1. The lowest BCUT2D eigenvalue weighted by Crippen LogP contribution is -2.57. The molecule has 1 atom stereocenters. The molecule has 4 aliphatic rings. The van der Waals surface area contributed by atoms with Crippen molar-refractivity contribution < 1.29 is 14.7 Å². The van der Waals surface area contributed by atoms with Gasteiger partial charge in [-0.2, -0.15) is 0 Å². The first kappa shape index (κ1) is 27.1. The van der Waals surface area contributed by atoms with E-state index in [-0.39, 0.29) is 17.9 Å². The summed E-state index contributed by atoms with van der Waals surface area (Å²) in [7, 11) is 2.19. The minimum absolute atomic E-state index is 0.00163. The van der Waals surface area contributed by atoms with Gasteiger partial charge in [-0.15, -0.1) is 0 Å². The molecule has 1 N–H and O–H groups in total. The van der Waals surface area contributed by atoms with E-state index >= 15 is 0 Å². The van der Waals surface area contributed by atoms with Crippen LogP contribution in [0.25, 0.3) is 11.1 Å². The zero-order valence-electron chi connectivity index (χ0n) is 24.1. The molecule has 40 heavy (non-hydrogen) atoms. The van der Waals surface area contributed by atoms with Gasteiger partial charge in [0.25, 0.3) is 11.8 Å². The van der Waals surface area contributed by atoms with Crippen molar-refractivity contribution in [2.24, 2.45) is 0 Å². The molecule has 0 bridgehead atoms. The van der Waals surface area contributed by atoms with Crippen LogP contribution >= 0.6 is 0 Å². The van der Waals surface area contributed by atoms with Crippen molar-refractivity contribution in [2.75, 3.05) is 43.2 Å². The molecule has 6 rings (SSSR count). The molecule has 214 valence electrons. The van der Waals surface area contributed by atoms with Crippen LogP contribution in [-0.2, 0) is 4.79 Å². The fraction of sp³-hybridized carbons (Fsp3) is 0.576. The Morgan fingerprint density at radius 1 is 0.850 bits per heavy atom. The van der Waals surface area contributed by atoms with Gasteiger partial charge < -0.3 is 24.7 Å². The van der Waals surface area contributed by atoms with Crippen LogP contribution in [0.3, 0.4) is 0 Å². The molecule has 2 aliphatic carbocycles. The summed E-state index contributed by atoms with van der Waals surface area (Å²) in [4.78, 5) is 34.5. The van der Waals surface area contributed by atoms with Gasteiger partial charge in [0.1, 0.15) is 5.60 Å². The third-order valence-corrected chi connectivity index (χ3v) is 9.59. The maximum absolute atomic E-state index is 13.4. The third-order valence-electron chi connectivity index (χ3n) is 9.59. The van der Waals surface area contributed by atoms with Crippen molar-refractivity contribution in [2.45, 2.75) is 88.8 Å². The monoisotopic (exact) mass is 544 g/mol. The number of anilines is 2. The van der Waals surface area contributed by atoms with Crippen LogP contribution < -0.4 is 9.80 Å². The Bertz CT molecular complexity index is 1230. The van der Waals surface area contributed by atoms with Gasteiger partial charge in [-0.1, -0.05) is 56.7 Å². The second-order valence-corrected chi connectivity index (χ2v) is 12.6. The maximum atomic E-state index is 13.4. The van der Waals surface area contributed by atoms with Gasteiger partial charge in [-0.25, -0.2) is 0 Å². The summed E-state index contributed by atoms with van der Waals surface area (Å²) < 4.78 is 0. The van der Waals surface area contributed by atoms with Crippen LogP contribution in [0, 0.1) is 0 Å². The molecule has 0 unspecified atom stereocenters. The van der Waals surface area contributed by atoms with Gasteiger partial charge in [-0.3, -0.25) is 9.59 Å². The molecule has 1 saturated heterocycles. The number of benzene rings is 2. The van der Waals surface area contributed by atoms with E-state index in [9.17, 15) is 14.7 Å². The number of carbonyl (C=O) groups excluding carboxylic acids is 2. The molecule has 2 heterocycles. The summed E-state index contributed by atoms with van der Waals surface area (Å²) >= 11 is 0. The highest BCUT2D eigenvalue weighted by Crippen LogP contribution is 2.41. The first-order valence-corrected chi connectivity index (χ1v) is 15.4. The van der Waals surface area contributed by atoms with E-state index < -0.39 is 5.60 Å². The van der Waals surface area contributed by atoms with Crippen LogP contribution in [0.5, 0.6) is 0 Å². The van der Waals surface area contributed by atoms with Gasteiger partial charge in [-0.05, 0) is 68.0 Å². The summed E-state index contributed by atoms with van der Waals surface area (Å²) in [6.07, 6.45) is 11.8. The molecular formula is C33H44N4O3. The largest absolute Gasteiger partial charge is 0.380 e. The van der Waals surface area contributed by atoms with E-state index in [2.05, 4.69) is 47.2 Å². The minimum Gasteiger partial charge on any atom is -0.380 e. The quantitative estimate of drug-likeness (QED) is 0.568. The highest BCUT2D eigenvalue weighted by Gasteiger charge is 2.51. The molecular weight excluding hydrogens is 500 g/mol. The van der Waals surface area contributed by atoms with Crippen molar-refractivity contribution in [1.82, 2.24) is 9.80 Å². The zero-order valence-corrected chi connectivity index (χ0v) is 24.1. The Balaban J connectivity index is 1.15. The Morgan fingerprint density at radius 3 is 2.15 bits per heavy atom. The van der Waals surface area contributed by atoms with Gasteiger partial charge in [0.05, 0.1) is 18.0 Å². The summed E-state index contributed by atoms with van der Waals surface area (Å²) in [5, 5.41) is 10.2. The molecule has 7 heteroatoms. The van der Waals surface area contributed by atoms with E-state index in [1.54, 1.807) is 4.90 Å². The second-order valence-electron chi connectivity index (χ2n) is 12.6. The average Bonchev–Trinajstić information content (AvgIpc) is 3.60. The van der Waals surface area contributed by atoms with Gasteiger partial charge in [0.15, 0.2) is 0 Å². The highest BCUT2D eigenvalue weighted by molar-refractivity contribution is 5.95. The van der Waals surface area contributed by atoms with Crippen LogP contribution in [0.15, 0.2) is 42.5 Å². The van der Waals surface area contributed by atoms with Gasteiger partial charge in [0.2, 0.25) is 0 Å². The Hall–Kier alpha value is -3.06. The van der Waals surface area contributed by atoms with Crippen molar-refractivity contribution in [3.05, 3.63) is 48.0 Å². The predicted molar refractivity (Wildman–Crippen MR) is 160 cm³/mol. The highest BCUT2D eigenvalue weighted by atomic mass is 16.3.